The minimum atomic E-state index is -0.155. The van der Waals surface area contributed by atoms with Crippen LogP contribution in [0.5, 0.6) is 0 Å². The zero-order chi connectivity index (χ0) is 15.2. The van der Waals surface area contributed by atoms with E-state index in [2.05, 4.69) is 16.3 Å². The second kappa shape index (κ2) is 7.06. The van der Waals surface area contributed by atoms with E-state index in [0.29, 0.717) is 24.4 Å². The van der Waals surface area contributed by atoms with E-state index < -0.39 is 0 Å². The van der Waals surface area contributed by atoms with E-state index in [0.717, 1.165) is 12.1 Å². The number of benzene rings is 1. The number of nitrogens with one attached hydrogen (secondary N) is 1. The third-order valence-electron chi connectivity index (χ3n) is 3.16. The first kappa shape index (κ1) is 15.3. The van der Waals surface area contributed by atoms with Crippen molar-refractivity contribution in [2.45, 2.75) is 19.6 Å². The minimum absolute atomic E-state index is 0.155. The van der Waals surface area contributed by atoms with Crippen LogP contribution in [0.4, 0.5) is 0 Å². The second-order valence-electron chi connectivity index (χ2n) is 5.19. The number of amides is 1. The van der Waals surface area contributed by atoms with E-state index >= 15 is 0 Å². The maximum atomic E-state index is 12.1. The topological polar surface area (TPSA) is 71.5 Å². The zero-order valence-electron chi connectivity index (χ0n) is 12.4. The standard InChI is InChI=1S/C16H21N3O2/c1-19(2)10-13-6-4-3-5-12(13)9-18-16(20)14-7-15(8-17)21-11-14/h3-7,11H,8-10,17H2,1-2H3,(H,18,20). The predicted molar refractivity (Wildman–Crippen MR) is 81.6 cm³/mol. The molecule has 0 radical (unpaired) electrons. The molecule has 1 amide bonds. The Kier molecular flexibility index (Phi) is 5.14. The van der Waals surface area contributed by atoms with Crippen molar-refractivity contribution in [3.8, 4) is 0 Å². The lowest BCUT2D eigenvalue weighted by Crippen LogP contribution is -2.23. The third-order valence-corrected chi connectivity index (χ3v) is 3.16. The lowest BCUT2D eigenvalue weighted by atomic mass is 10.1. The van der Waals surface area contributed by atoms with Crippen LogP contribution >= 0.6 is 0 Å². The van der Waals surface area contributed by atoms with Gasteiger partial charge in [-0.25, -0.2) is 0 Å². The summed E-state index contributed by atoms with van der Waals surface area (Å²) < 4.78 is 5.17. The summed E-state index contributed by atoms with van der Waals surface area (Å²) in [6.45, 7) is 1.63. The monoisotopic (exact) mass is 287 g/mol. The van der Waals surface area contributed by atoms with Gasteiger partial charge in [0.05, 0.1) is 12.1 Å². The Balaban J connectivity index is 2.01. The summed E-state index contributed by atoms with van der Waals surface area (Å²) in [5.74, 6) is 0.450. The van der Waals surface area contributed by atoms with Crippen LogP contribution in [0.3, 0.4) is 0 Å². The van der Waals surface area contributed by atoms with Gasteiger partial charge in [-0.1, -0.05) is 24.3 Å². The van der Waals surface area contributed by atoms with Crippen molar-refractivity contribution >= 4 is 5.91 Å². The number of carbonyl (C=O) groups excluding carboxylic acids is 1. The van der Waals surface area contributed by atoms with E-state index in [1.807, 2.05) is 32.3 Å². The molecule has 0 saturated carbocycles. The molecule has 112 valence electrons. The van der Waals surface area contributed by atoms with Gasteiger partial charge in [0.25, 0.3) is 5.91 Å². The Morgan fingerprint density at radius 1 is 1.29 bits per heavy atom. The molecule has 1 aromatic carbocycles. The van der Waals surface area contributed by atoms with Gasteiger partial charge in [0, 0.05) is 13.1 Å². The molecule has 0 aliphatic rings. The summed E-state index contributed by atoms with van der Waals surface area (Å²) >= 11 is 0. The number of hydrogen-bond acceptors (Lipinski definition) is 4. The van der Waals surface area contributed by atoms with E-state index in [4.69, 9.17) is 10.2 Å². The molecule has 0 saturated heterocycles. The Morgan fingerprint density at radius 2 is 2.00 bits per heavy atom. The van der Waals surface area contributed by atoms with Crippen molar-refractivity contribution in [3.63, 3.8) is 0 Å². The van der Waals surface area contributed by atoms with Crippen LogP contribution in [0.25, 0.3) is 0 Å². The largest absolute Gasteiger partial charge is 0.467 e. The molecule has 5 heteroatoms. The second-order valence-corrected chi connectivity index (χ2v) is 5.19. The van der Waals surface area contributed by atoms with Crippen molar-refractivity contribution < 1.29 is 9.21 Å². The molecule has 2 rings (SSSR count). The quantitative estimate of drug-likeness (QED) is 0.849. The molecule has 1 heterocycles. The van der Waals surface area contributed by atoms with Gasteiger partial charge < -0.3 is 20.4 Å². The molecular weight excluding hydrogens is 266 g/mol. The number of nitrogens with two attached hydrogens (primary N) is 1. The SMILES string of the molecule is CN(C)Cc1ccccc1CNC(=O)c1coc(CN)c1. The average molecular weight is 287 g/mol. The highest BCUT2D eigenvalue weighted by Crippen LogP contribution is 2.11. The van der Waals surface area contributed by atoms with Gasteiger partial charge in [-0.3, -0.25) is 4.79 Å². The molecule has 0 spiro atoms. The lowest BCUT2D eigenvalue weighted by molar-refractivity contribution is 0.0950. The van der Waals surface area contributed by atoms with Gasteiger partial charge in [0.15, 0.2) is 0 Å². The first-order valence-corrected chi connectivity index (χ1v) is 6.87. The molecule has 5 nitrogen and oxygen atoms in total. The summed E-state index contributed by atoms with van der Waals surface area (Å²) in [7, 11) is 4.05. The van der Waals surface area contributed by atoms with Crippen LogP contribution in [-0.4, -0.2) is 24.9 Å². The summed E-state index contributed by atoms with van der Waals surface area (Å²) in [5.41, 5.74) is 8.28. The molecular formula is C16H21N3O2. The van der Waals surface area contributed by atoms with E-state index in [1.54, 1.807) is 6.07 Å². The molecule has 1 aromatic heterocycles. The number of rotatable bonds is 6. The highest BCUT2D eigenvalue weighted by molar-refractivity contribution is 5.93. The average Bonchev–Trinajstić information content (AvgIpc) is 2.94. The molecule has 0 fully saturated rings. The molecule has 2 aromatic rings. The maximum absolute atomic E-state index is 12.1. The molecule has 21 heavy (non-hydrogen) atoms. The lowest BCUT2D eigenvalue weighted by Gasteiger charge is -2.14. The van der Waals surface area contributed by atoms with Crippen LogP contribution < -0.4 is 11.1 Å². The highest BCUT2D eigenvalue weighted by atomic mass is 16.3. The van der Waals surface area contributed by atoms with E-state index in [-0.39, 0.29) is 5.91 Å². The number of hydrogen-bond donors (Lipinski definition) is 2. The Hall–Kier alpha value is -2.11. The third kappa shape index (κ3) is 4.18. The molecule has 0 aliphatic carbocycles. The Bertz CT molecular complexity index is 605. The number of nitrogens with zero attached hydrogens (tertiary/aromatic N) is 1. The van der Waals surface area contributed by atoms with Crippen LogP contribution in [-0.2, 0) is 19.6 Å². The van der Waals surface area contributed by atoms with Crippen molar-refractivity contribution in [2.75, 3.05) is 14.1 Å². The number of carbonyl (C=O) groups is 1. The minimum Gasteiger partial charge on any atom is -0.467 e. The normalized spacial score (nSPS) is 10.9. The molecule has 3 N–H and O–H groups in total. The van der Waals surface area contributed by atoms with Gasteiger partial charge >= 0.3 is 0 Å². The first-order chi connectivity index (χ1) is 10.1. The summed E-state index contributed by atoms with van der Waals surface area (Å²) in [5, 5.41) is 2.91. The van der Waals surface area contributed by atoms with E-state index in [1.165, 1.54) is 11.8 Å². The van der Waals surface area contributed by atoms with Gasteiger partial charge in [-0.2, -0.15) is 0 Å². The maximum Gasteiger partial charge on any atom is 0.254 e. The van der Waals surface area contributed by atoms with Crippen molar-refractivity contribution in [2.24, 2.45) is 5.73 Å². The summed E-state index contributed by atoms with van der Waals surface area (Å²) in [6, 6.07) is 9.76. The first-order valence-electron chi connectivity index (χ1n) is 6.87. The van der Waals surface area contributed by atoms with Crippen LogP contribution in [0.15, 0.2) is 41.0 Å². The fourth-order valence-corrected chi connectivity index (χ4v) is 2.11. The van der Waals surface area contributed by atoms with Crippen molar-refractivity contribution in [1.29, 1.82) is 0 Å². The van der Waals surface area contributed by atoms with Crippen LogP contribution in [0.2, 0.25) is 0 Å². The smallest absolute Gasteiger partial charge is 0.254 e. The zero-order valence-corrected chi connectivity index (χ0v) is 12.4. The number of furan rings is 1. The fourth-order valence-electron chi connectivity index (χ4n) is 2.11. The summed E-state index contributed by atoms with van der Waals surface area (Å²) in [6.07, 6.45) is 1.43. The molecule has 0 bridgehead atoms. The predicted octanol–water partition coefficient (Wildman–Crippen LogP) is 1.73. The summed E-state index contributed by atoms with van der Waals surface area (Å²) in [4.78, 5) is 14.2. The Labute approximate surface area is 124 Å². The molecule has 0 aliphatic heterocycles. The van der Waals surface area contributed by atoms with Gasteiger partial charge in [-0.15, -0.1) is 0 Å². The van der Waals surface area contributed by atoms with Crippen LogP contribution in [0, 0.1) is 0 Å². The van der Waals surface area contributed by atoms with Gasteiger partial charge in [-0.05, 0) is 31.3 Å². The van der Waals surface area contributed by atoms with Crippen molar-refractivity contribution in [3.05, 3.63) is 59.0 Å². The van der Waals surface area contributed by atoms with Gasteiger partial charge in [0.1, 0.15) is 12.0 Å². The van der Waals surface area contributed by atoms with Crippen molar-refractivity contribution in [1.82, 2.24) is 10.2 Å². The Morgan fingerprint density at radius 3 is 2.62 bits per heavy atom. The fraction of sp³-hybridized carbons (Fsp3) is 0.312. The highest BCUT2D eigenvalue weighted by Gasteiger charge is 2.10. The molecule has 0 atom stereocenters. The van der Waals surface area contributed by atoms with Gasteiger partial charge in [0.2, 0.25) is 0 Å². The molecule has 0 unspecified atom stereocenters. The van der Waals surface area contributed by atoms with Crippen LogP contribution in [0.1, 0.15) is 27.2 Å². The van der Waals surface area contributed by atoms with E-state index in [9.17, 15) is 4.79 Å².